The molecule has 4 aromatic carbocycles. The van der Waals surface area contributed by atoms with Crippen LogP contribution < -0.4 is 5.43 Å². The molecule has 0 spiro atoms. The van der Waals surface area contributed by atoms with E-state index in [1.165, 1.54) is 18.3 Å². The van der Waals surface area contributed by atoms with Crippen molar-refractivity contribution >= 4 is 23.0 Å². The van der Waals surface area contributed by atoms with Crippen LogP contribution in [0.4, 0.5) is 13.2 Å². The molecular formula is C30H20F3N3O. The maximum absolute atomic E-state index is 13.1. The summed E-state index contributed by atoms with van der Waals surface area (Å²) in [6.45, 7) is 0. The second-order valence-corrected chi connectivity index (χ2v) is 8.34. The fraction of sp³-hybridized carbons (Fsp3) is 0.0333. The van der Waals surface area contributed by atoms with Gasteiger partial charge in [0, 0.05) is 10.9 Å². The molecule has 0 saturated heterocycles. The van der Waals surface area contributed by atoms with E-state index in [0.29, 0.717) is 22.2 Å². The van der Waals surface area contributed by atoms with Crippen molar-refractivity contribution in [2.45, 2.75) is 6.18 Å². The van der Waals surface area contributed by atoms with Crippen LogP contribution in [0.25, 0.3) is 33.3 Å². The molecule has 0 saturated carbocycles. The minimum absolute atomic E-state index is 0.217. The van der Waals surface area contributed by atoms with E-state index >= 15 is 0 Å². The molecule has 0 aliphatic carbocycles. The van der Waals surface area contributed by atoms with E-state index < -0.39 is 17.6 Å². The fourth-order valence-electron chi connectivity index (χ4n) is 4.00. The van der Waals surface area contributed by atoms with E-state index in [9.17, 15) is 18.0 Å². The zero-order chi connectivity index (χ0) is 25.8. The second-order valence-electron chi connectivity index (χ2n) is 8.34. The van der Waals surface area contributed by atoms with Crippen LogP contribution in [0, 0.1) is 0 Å². The highest BCUT2D eigenvalue weighted by atomic mass is 19.4. The van der Waals surface area contributed by atoms with Crippen LogP contribution in [0.3, 0.4) is 0 Å². The smallest absolute Gasteiger partial charge is 0.267 e. The van der Waals surface area contributed by atoms with Gasteiger partial charge in [-0.05, 0) is 41.0 Å². The molecule has 37 heavy (non-hydrogen) atoms. The van der Waals surface area contributed by atoms with Crippen LogP contribution in [0.2, 0.25) is 0 Å². The first-order valence-corrected chi connectivity index (χ1v) is 11.4. The Morgan fingerprint density at radius 1 is 0.757 bits per heavy atom. The Bertz CT molecular complexity index is 1590. The lowest BCUT2D eigenvalue weighted by molar-refractivity contribution is -0.137. The van der Waals surface area contributed by atoms with Gasteiger partial charge in [-0.3, -0.25) is 4.79 Å². The van der Waals surface area contributed by atoms with Gasteiger partial charge in [0.1, 0.15) is 0 Å². The molecule has 0 radical (unpaired) electrons. The number of hydrogen-bond donors (Lipinski definition) is 1. The van der Waals surface area contributed by atoms with Crippen LogP contribution in [-0.2, 0) is 6.18 Å². The van der Waals surface area contributed by atoms with E-state index in [1.54, 1.807) is 18.2 Å². The first-order chi connectivity index (χ1) is 17.9. The number of halogens is 3. The lowest BCUT2D eigenvalue weighted by Gasteiger charge is -2.10. The first-order valence-electron chi connectivity index (χ1n) is 11.4. The number of fused-ring (bicyclic) bond motifs is 1. The second kappa shape index (κ2) is 10.1. The lowest BCUT2D eigenvalue weighted by atomic mass is 10.0. The van der Waals surface area contributed by atoms with Crippen LogP contribution in [0.5, 0.6) is 0 Å². The van der Waals surface area contributed by atoms with Crippen molar-refractivity contribution in [3.8, 4) is 22.4 Å². The Balaban J connectivity index is 1.43. The largest absolute Gasteiger partial charge is 0.416 e. The molecule has 1 N–H and O–H groups in total. The van der Waals surface area contributed by atoms with Crippen molar-refractivity contribution in [2.24, 2.45) is 5.10 Å². The highest BCUT2D eigenvalue weighted by molar-refractivity contribution is 6.07. The average molecular weight is 496 g/mol. The third kappa shape index (κ3) is 5.41. The number of pyridine rings is 1. The van der Waals surface area contributed by atoms with Gasteiger partial charge in [-0.2, -0.15) is 18.3 Å². The molecule has 0 aliphatic heterocycles. The van der Waals surface area contributed by atoms with Gasteiger partial charge in [0.25, 0.3) is 5.91 Å². The number of carbonyl (C=O) groups is 1. The number of para-hydroxylation sites is 1. The molecule has 7 heteroatoms. The number of aromatic nitrogens is 1. The summed E-state index contributed by atoms with van der Waals surface area (Å²) in [6.07, 6.45) is -3.28. The first kappa shape index (κ1) is 23.9. The van der Waals surface area contributed by atoms with E-state index in [-0.39, 0.29) is 5.56 Å². The number of nitrogens with one attached hydrogen (secondary N) is 1. The third-order valence-electron chi connectivity index (χ3n) is 5.84. The minimum atomic E-state index is -4.46. The average Bonchev–Trinajstić information content (AvgIpc) is 2.92. The van der Waals surface area contributed by atoms with Crippen LogP contribution in [-0.4, -0.2) is 17.1 Å². The van der Waals surface area contributed by atoms with E-state index in [4.69, 9.17) is 4.98 Å². The zero-order valence-electron chi connectivity index (χ0n) is 19.4. The summed E-state index contributed by atoms with van der Waals surface area (Å²) in [4.78, 5) is 17.8. The summed E-state index contributed by atoms with van der Waals surface area (Å²) in [5, 5.41) is 4.52. The van der Waals surface area contributed by atoms with Gasteiger partial charge < -0.3 is 0 Å². The molecule has 0 unspecified atom stereocenters. The Morgan fingerprint density at radius 2 is 1.43 bits per heavy atom. The standard InChI is InChI=1S/C30H20F3N3O/c31-30(32,33)24-10-6-7-20(17-24)19-34-36-29(37)26-18-28(35-27-12-5-4-11-25(26)27)23-15-13-22(14-16-23)21-8-2-1-3-9-21/h1-19H,(H,36,37). The van der Waals surface area contributed by atoms with E-state index in [0.717, 1.165) is 28.8 Å². The minimum Gasteiger partial charge on any atom is -0.267 e. The number of amides is 1. The number of hydrazone groups is 1. The van der Waals surface area contributed by atoms with Crippen molar-refractivity contribution in [3.05, 3.63) is 126 Å². The quantitative estimate of drug-likeness (QED) is 0.205. The van der Waals surface area contributed by atoms with Gasteiger partial charge in [0.2, 0.25) is 0 Å². The Morgan fingerprint density at radius 3 is 2.19 bits per heavy atom. The molecule has 1 aromatic heterocycles. The van der Waals surface area contributed by atoms with Crippen molar-refractivity contribution < 1.29 is 18.0 Å². The zero-order valence-corrected chi connectivity index (χ0v) is 19.4. The summed E-state index contributed by atoms with van der Waals surface area (Å²) >= 11 is 0. The highest BCUT2D eigenvalue weighted by Gasteiger charge is 2.30. The lowest BCUT2D eigenvalue weighted by Crippen LogP contribution is -2.18. The molecule has 0 aliphatic rings. The maximum Gasteiger partial charge on any atom is 0.416 e. The van der Waals surface area contributed by atoms with Crippen LogP contribution in [0.1, 0.15) is 21.5 Å². The molecule has 1 heterocycles. The molecule has 5 aromatic rings. The number of benzene rings is 4. The maximum atomic E-state index is 13.1. The summed E-state index contributed by atoms with van der Waals surface area (Å²) in [5.74, 6) is -0.496. The Hall–Kier alpha value is -4.78. The van der Waals surface area contributed by atoms with Gasteiger partial charge in [-0.1, -0.05) is 84.9 Å². The summed E-state index contributed by atoms with van der Waals surface area (Å²) < 4.78 is 38.9. The Labute approximate surface area is 211 Å². The van der Waals surface area contributed by atoms with Gasteiger partial charge in [0.15, 0.2) is 0 Å². The number of hydrogen-bond acceptors (Lipinski definition) is 3. The number of rotatable bonds is 5. The summed E-state index contributed by atoms with van der Waals surface area (Å²) in [6, 6.07) is 31.6. The van der Waals surface area contributed by atoms with Crippen molar-refractivity contribution in [1.82, 2.24) is 10.4 Å². The predicted molar refractivity (Wildman–Crippen MR) is 139 cm³/mol. The molecule has 0 bridgehead atoms. The fourth-order valence-corrected chi connectivity index (χ4v) is 4.00. The van der Waals surface area contributed by atoms with Crippen molar-refractivity contribution in [1.29, 1.82) is 0 Å². The number of carbonyl (C=O) groups excluding carboxylic acids is 1. The molecular weight excluding hydrogens is 475 g/mol. The van der Waals surface area contributed by atoms with Crippen LogP contribution >= 0.6 is 0 Å². The third-order valence-corrected chi connectivity index (χ3v) is 5.84. The SMILES string of the molecule is O=C(NN=Cc1cccc(C(F)(F)F)c1)c1cc(-c2ccc(-c3ccccc3)cc2)nc2ccccc12. The van der Waals surface area contributed by atoms with Crippen molar-refractivity contribution in [3.63, 3.8) is 0 Å². The molecule has 0 atom stereocenters. The molecule has 0 fully saturated rings. The summed E-state index contributed by atoms with van der Waals surface area (Å²) in [7, 11) is 0. The van der Waals surface area contributed by atoms with E-state index in [2.05, 4.69) is 10.5 Å². The topological polar surface area (TPSA) is 54.4 Å². The van der Waals surface area contributed by atoms with Gasteiger partial charge in [-0.25, -0.2) is 10.4 Å². The Kier molecular flexibility index (Phi) is 6.51. The van der Waals surface area contributed by atoms with Gasteiger partial charge in [0.05, 0.1) is 28.6 Å². The number of alkyl halides is 3. The monoisotopic (exact) mass is 495 g/mol. The molecule has 1 amide bonds. The predicted octanol–water partition coefficient (Wildman–Crippen LogP) is 7.35. The summed E-state index contributed by atoms with van der Waals surface area (Å²) in [5.41, 5.74) is 6.47. The molecule has 5 rings (SSSR count). The van der Waals surface area contributed by atoms with Crippen molar-refractivity contribution in [2.75, 3.05) is 0 Å². The molecule has 4 nitrogen and oxygen atoms in total. The molecule has 182 valence electrons. The van der Waals surface area contributed by atoms with Crippen LogP contribution in [0.15, 0.2) is 114 Å². The highest BCUT2D eigenvalue weighted by Crippen LogP contribution is 2.30. The van der Waals surface area contributed by atoms with E-state index in [1.807, 2.05) is 66.7 Å². The van der Waals surface area contributed by atoms with Gasteiger partial charge in [-0.15, -0.1) is 0 Å². The number of nitrogens with zero attached hydrogens (tertiary/aromatic N) is 2. The van der Waals surface area contributed by atoms with Gasteiger partial charge >= 0.3 is 6.18 Å². The normalized spacial score (nSPS) is 11.6.